The molecule has 1 aromatic heterocycles. The van der Waals surface area contributed by atoms with Crippen LogP contribution in [0.15, 0.2) is 60.8 Å². The van der Waals surface area contributed by atoms with E-state index < -0.39 is 0 Å². The number of aromatic amines is 1. The van der Waals surface area contributed by atoms with Crippen LogP contribution in [-0.4, -0.2) is 22.3 Å². The first-order valence-corrected chi connectivity index (χ1v) is 8.72. The Labute approximate surface area is 142 Å². The number of likely N-dealkylation sites (tertiary alicyclic amines) is 1. The van der Waals surface area contributed by atoms with Gasteiger partial charge in [-0.05, 0) is 36.5 Å². The molecule has 0 unspecified atom stereocenters. The number of nitrogens with one attached hydrogen (secondary N) is 1. The second kappa shape index (κ2) is 6.52. The lowest BCUT2D eigenvalue weighted by atomic mass is 10.0. The van der Waals surface area contributed by atoms with Crippen molar-refractivity contribution in [2.45, 2.75) is 31.7 Å². The van der Waals surface area contributed by atoms with Gasteiger partial charge in [0.05, 0.1) is 6.04 Å². The van der Waals surface area contributed by atoms with Crippen molar-refractivity contribution < 1.29 is 4.79 Å². The topological polar surface area (TPSA) is 36.1 Å². The Hall–Kier alpha value is -2.55. The van der Waals surface area contributed by atoms with Crippen molar-refractivity contribution in [3.05, 3.63) is 71.9 Å². The summed E-state index contributed by atoms with van der Waals surface area (Å²) in [6.07, 6.45) is 5.57. The predicted molar refractivity (Wildman–Crippen MR) is 96.7 cm³/mol. The minimum Gasteiger partial charge on any atom is -0.361 e. The van der Waals surface area contributed by atoms with E-state index >= 15 is 0 Å². The third kappa shape index (κ3) is 2.82. The van der Waals surface area contributed by atoms with Crippen molar-refractivity contribution >= 4 is 16.8 Å². The molecular formula is C21H22N2O. The minimum absolute atomic E-state index is 0.252. The van der Waals surface area contributed by atoms with Gasteiger partial charge >= 0.3 is 0 Å². The number of hydrogen-bond donors (Lipinski definition) is 1. The lowest BCUT2D eigenvalue weighted by molar-refractivity contribution is -0.132. The van der Waals surface area contributed by atoms with Crippen LogP contribution in [0, 0.1) is 0 Å². The van der Waals surface area contributed by atoms with E-state index in [0.717, 1.165) is 31.3 Å². The Kier molecular flexibility index (Phi) is 4.08. The normalized spacial score (nSPS) is 17.5. The number of aromatic nitrogens is 1. The van der Waals surface area contributed by atoms with Crippen LogP contribution in [0.4, 0.5) is 0 Å². The second-order valence-corrected chi connectivity index (χ2v) is 6.52. The van der Waals surface area contributed by atoms with Gasteiger partial charge in [-0.1, -0.05) is 48.5 Å². The van der Waals surface area contributed by atoms with Gasteiger partial charge in [0.25, 0.3) is 0 Å². The number of fused-ring (bicyclic) bond motifs is 1. The zero-order chi connectivity index (χ0) is 16.4. The number of rotatable bonds is 4. The Morgan fingerprint density at radius 1 is 1.08 bits per heavy atom. The summed E-state index contributed by atoms with van der Waals surface area (Å²) >= 11 is 0. The molecule has 1 amide bonds. The number of H-pyrrole nitrogens is 1. The maximum absolute atomic E-state index is 12.8. The number of benzene rings is 2. The van der Waals surface area contributed by atoms with Crippen LogP contribution in [0.1, 0.15) is 36.4 Å². The lowest BCUT2D eigenvalue weighted by Crippen LogP contribution is -2.30. The van der Waals surface area contributed by atoms with E-state index in [1.807, 2.05) is 24.4 Å². The zero-order valence-corrected chi connectivity index (χ0v) is 13.7. The largest absolute Gasteiger partial charge is 0.361 e. The van der Waals surface area contributed by atoms with Crippen molar-refractivity contribution in [2.24, 2.45) is 0 Å². The second-order valence-electron chi connectivity index (χ2n) is 6.52. The SMILES string of the molecule is O=C(CCc1c[nH]c2ccccc12)N1CCC[C@H]1c1ccccc1. The number of nitrogens with zero attached hydrogens (tertiary/aromatic N) is 1. The molecule has 0 bridgehead atoms. The molecule has 1 fully saturated rings. The Morgan fingerprint density at radius 2 is 1.88 bits per heavy atom. The molecule has 1 N–H and O–H groups in total. The molecule has 3 heteroatoms. The highest BCUT2D eigenvalue weighted by Gasteiger charge is 2.29. The first-order valence-electron chi connectivity index (χ1n) is 8.72. The Bertz CT molecular complexity index is 837. The van der Waals surface area contributed by atoms with E-state index in [2.05, 4.69) is 46.3 Å². The van der Waals surface area contributed by atoms with Crippen LogP contribution >= 0.6 is 0 Å². The van der Waals surface area contributed by atoms with Crippen molar-refractivity contribution in [2.75, 3.05) is 6.54 Å². The third-order valence-electron chi connectivity index (χ3n) is 5.04. The standard InChI is InChI=1S/C21H22N2O/c24-21(13-12-17-15-22-19-10-5-4-9-18(17)19)23-14-6-11-20(23)16-7-2-1-3-8-16/h1-5,7-10,15,20,22H,6,11-14H2/t20-/m0/s1. The summed E-state index contributed by atoms with van der Waals surface area (Å²) in [5.41, 5.74) is 3.63. The number of amides is 1. The van der Waals surface area contributed by atoms with Crippen LogP contribution < -0.4 is 0 Å². The molecule has 0 saturated carbocycles. The van der Waals surface area contributed by atoms with Crippen molar-refractivity contribution in [3.8, 4) is 0 Å². The lowest BCUT2D eigenvalue weighted by Gasteiger charge is -2.25. The van der Waals surface area contributed by atoms with Gasteiger partial charge in [-0.3, -0.25) is 4.79 Å². The average Bonchev–Trinajstić information content (AvgIpc) is 3.28. The number of hydrogen-bond acceptors (Lipinski definition) is 1. The fourth-order valence-corrected chi connectivity index (χ4v) is 3.81. The molecule has 4 rings (SSSR count). The van der Waals surface area contributed by atoms with E-state index in [-0.39, 0.29) is 11.9 Å². The summed E-state index contributed by atoms with van der Waals surface area (Å²) in [4.78, 5) is 18.1. The monoisotopic (exact) mass is 318 g/mol. The Morgan fingerprint density at radius 3 is 2.75 bits per heavy atom. The van der Waals surface area contributed by atoms with Gasteiger partial charge in [0.2, 0.25) is 5.91 Å². The number of carbonyl (C=O) groups is 1. The molecule has 2 heterocycles. The smallest absolute Gasteiger partial charge is 0.223 e. The van der Waals surface area contributed by atoms with E-state index in [4.69, 9.17) is 0 Å². The molecule has 1 aliphatic rings. The average molecular weight is 318 g/mol. The summed E-state index contributed by atoms with van der Waals surface area (Å²) in [5, 5.41) is 1.23. The fourth-order valence-electron chi connectivity index (χ4n) is 3.81. The highest BCUT2D eigenvalue weighted by atomic mass is 16.2. The van der Waals surface area contributed by atoms with E-state index in [9.17, 15) is 4.79 Å². The quantitative estimate of drug-likeness (QED) is 0.757. The van der Waals surface area contributed by atoms with E-state index in [1.165, 1.54) is 16.5 Å². The van der Waals surface area contributed by atoms with Crippen LogP contribution in [0.3, 0.4) is 0 Å². The van der Waals surface area contributed by atoms with Crippen LogP contribution in [-0.2, 0) is 11.2 Å². The first kappa shape index (κ1) is 15.0. The molecule has 122 valence electrons. The molecule has 2 aromatic carbocycles. The number of para-hydroxylation sites is 1. The predicted octanol–water partition coefficient (Wildman–Crippen LogP) is 4.46. The highest BCUT2D eigenvalue weighted by molar-refractivity contribution is 5.84. The van der Waals surface area contributed by atoms with Gasteiger partial charge in [-0.15, -0.1) is 0 Å². The van der Waals surface area contributed by atoms with Crippen molar-refractivity contribution in [1.29, 1.82) is 0 Å². The van der Waals surface area contributed by atoms with Gasteiger partial charge in [-0.2, -0.15) is 0 Å². The Balaban J connectivity index is 1.46. The number of carbonyl (C=O) groups excluding carboxylic acids is 1. The van der Waals surface area contributed by atoms with Crippen LogP contribution in [0.5, 0.6) is 0 Å². The zero-order valence-electron chi connectivity index (χ0n) is 13.7. The van der Waals surface area contributed by atoms with Crippen LogP contribution in [0.25, 0.3) is 10.9 Å². The van der Waals surface area contributed by atoms with Gasteiger partial charge in [0.1, 0.15) is 0 Å². The third-order valence-corrected chi connectivity index (χ3v) is 5.04. The summed E-state index contributed by atoms with van der Waals surface area (Å²) in [7, 11) is 0. The van der Waals surface area contributed by atoms with Gasteiger partial charge in [0, 0.05) is 30.1 Å². The molecule has 24 heavy (non-hydrogen) atoms. The van der Waals surface area contributed by atoms with Gasteiger partial charge < -0.3 is 9.88 Å². The molecular weight excluding hydrogens is 296 g/mol. The maximum atomic E-state index is 12.8. The number of aryl methyl sites for hydroxylation is 1. The minimum atomic E-state index is 0.252. The summed E-state index contributed by atoms with van der Waals surface area (Å²) in [6, 6.07) is 18.9. The highest BCUT2D eigenvalue weighted by Crippen LogP contribution is 2.32. The molecule has 0 radical (unpaired) electrons. The van der Waals surface area contributed by atoms with Crippen LogP contribution in [0.2, 0.25) is 0 Å². The molecule has 1 aliphatic heterocycles. The van der Waals surface area contributed by atoms with Gasteiger partial charge in [-0.25, -0.2) is 0 Å². The summed E-state index contributed by atoms with van der Waals surface area (Å²) in [6.45, 7) is 0.881. The van der Waals surface area contributed by atoms with E-state index in [0.29, 0.717) is 6.42 Å². The molecule has 1 saturated heterocycles. The molecule has 1 atom stereocenters. The molecule has 3 nitrogen and oxygen atoms in total. The van der Waals surface area contributed by atoms with Crippen molar-refractivity contribution in [1.82, 2.24) is 9.88 Å². The molecule has 0 aliphatic carbocycles. The molecule has 0 spiro atoms. The summed E-state index contributed by atoms with van der Waals surface area (Å²) in [5.74, 6) is 0.270. The fraction of sp³-hybridized carbons (Fsp3) is 0.286. The van der Waals surface area contributed by atoms with E-state index in [1.54, 1.807) is 0 Å². The summed E-state index contributed by atoms with van der Waals surface area (Å²) < 4.78 is 0. The molecule has 3 aromatic rings. The van der Waals surface area contributed by atoms with Crippen molar-refractivity contribution in [3.63, 3.8) is 0 Å². The first-order chi connectivity index (χ1) is 11.8. The van der Waals surface area contributed by atoms with Gasteiger partial charge in [0.15, 0.2) is 0 Å². The maximum Gasteiger partial charge on any atom is 0.223 e.